The Morgan fingerprint density at radius 2 is 1.73 bits per heavy atom. The lowest BCUT2D eigenvalue weighted by Gasteiger charge is -2.26. The summed E-state index contributed by atoms with van der Waals surface area (Å²) >= 11 is 0. The molecule has 0 unspecified atom stereocenters. The van der Waals surface area contributed by atoms with Crippen LogP contribution in [-0.2, 0) is 11.2 Å². The third-order valence-electron chi connectivity index (χ3n) is 5.66. The van der Waals surface area contributed by atoms with Gasteiger partial charge in [-0.1, -0.05) is 48.5 Å². The van der Waals surface area contributed by atoms with E-state index >= 15 is 0 Å². The Morgan fingerprint density at radius 1 is 1.00 bits per heavy atom. The zero-order valence-corrected chi connectivity index (χ0v) is 18.1. The predicted octanol–water partition coefficient (Wildman–Crippen LogP) is 4.06. The molecule has 0 fully saturated rings. The van der Waals surface area contributed by atoms with Crippen LogP contribution in [0.1, 0.15) is 37.4 Å². The smallest absolute Gasteiger partial charge is 0.282 e. The van der Waals surface area contributed by atoms with E-state index in [0.717, 1.165) is 21.6 Å². The minimum absolute atomic E-state index is 0.0663. The molecular weight excluding hydrogens is 422 g/mol. The Labute approximate surface area is 190 Å². The van der Waals surface area contributed by atoms with E-state index < -0.39 is 34.4 Å². The molecule has 1 heterocycles. The number of hydrogen-bond donors (Lipinski definition) is 1. The molecule has 3 aromatic rings. The second-order valence-electron chi connectivity index (χ2n) is 7.95. The first-order valence-corrected chi connectivity index (χ1v) is 10.3. The Bertz CT molecular complexity index is 1290. The minimum Gasteiger partial charge on any atom is -0.324 e. The van der Waals surface area contributed by atoms with E-state index in [1.807, 2.05) is 32.0 Å². The number of nitro groups is 1. The summed E-state index contributed by atoms with van der Waals surface area (Å²) in [4.78, 5) is 51.5. The minimum atomic E-state index is -1.20. The van der Waals surface area contributed by atoms with Gasteiger partial charge >= 0.3 is 0 Å². The zero-order valence-electron chi connectivity index (χ0n) is 18.1. The van der Waals surface area contributed by atoms with Crippen molar-refractivity contribution in [3.63, 3.8) is 0 Å². The fourth-order valence-corrected chi connectivity index (χ4v) is 3.95. The fraction of sp³-hybridized carbons (Fsp3) is 0.160. The number of nitrogens with zero attached hydrogens (tertiary/aromatic N) is 2. The number of hydrogen-bond acceptors (Lipinski definition) is 5. The summed E-state index contributed by atoms with van der Waals surface area (Å²) in [6, 6.07) is 17.3. The van der Waals surface area contributed by atoms with Crippen LogP contribution in [0.25, 0.3) is 0 Å². The van der Waals surface area contributed by atoms with Crippen LogP contribution in [0.5, 0.6) is 0 Å². The normalized spacial score (nSPS) is 13.6. The molecule has 4 rings (SSSR count). The van der Waals surface area contributed by atoms with Gasteiger partial charge in [-0.05, 0) is 42.7 Å². The number of anilines is 1. The maximum absolute atomic E-state index is 13.4. The summed E-state index contributed by atoms with van der Waals surface area (Å²) in [5.74, 6) is -2.13. The van der Waals surface area contributed by atoms with E-state index in [1.54, 1.807) is 30.3 Å². The molecule has 3 amide bonds. The lowest BCUT2D eigenvalue weighted by atomic mass is 10.0. The van der Waals surface area contributed by atoms with Crippen LogP contribution < -0.4 is 5.32 Å². The van der Waals surface area contributed by atoms with Crippen molar-refractivity contribution in [1.82, 2.24) is 4.90 Å². The van der Waals surface area contributed by atoms with Crippen LogP contribution in [0.3, 0.4) is 0 Å². The molecule has 0 bridgehead atoms. The van der Waals surface area contributed by atoms with Crippen molar-refractivity contribution in [3.8, 4) is 0 Å². The largest absolute Gasteiger partial charge is 0.324 e. The van der Waals surface area contributed by atoms with E-state index in [-0.39, 0.29) is 17.5 Å². The second-order valence-corrected chi connectivity index (χ2v) is 7.95. The third kappa shape index (κ3) is 4.10. The molecule has 0 aliphatic carbocycles. The van der Waals surface area contributed by atoms with Crippen LogP contribution in [0.4, 0.5) is 11.4 Å². The van der Waals surface area contributed by atoms with Crippen LogP contribution in [0.2, 0.25) is 0 Å². The number of amides is 3. The predicted molar refractivity (Wildman–Crippen MR) is 122 cm³/mol. The summed E-state index contributed by atoms with van der Waals surface area (Å²) in [6.45, 7) is 3.73. The molecule has 1 N–H and O–H groups in total. The van der Waals surface area contributed by atoms with Crippen molar-refractivity contribution in [2.24, 2.45) is 0 Å². The van der Waals surface area contributed by atoms with Gasteiger partial charge in [0.1, 0.15) is 11.6 Å². The van der Waals surface area contributed by atoms with Crippen LogP contribution in [-0.4, -0.2) is 33.6 Å². The van der Waals surface area contributed by atoms with E-state index in [2.05, 4.69) is 5.32 Å². The van der Waals surface area contributed by atoms with Gasteiger partial charge in [0.05, 0.1) is 10.5 Å². The number of nitrogens with one attached hydrogen (secondary N) is 1. The SMILES string of the molecule is Cc1ccc(C)c(NC(=O)[C@@H](Cc2ccccc2)N2C(=O)c3cccc([N+](=O)[O-])c3C2=O)c1. The molecule has 0 saturated heterocycles. The van der Waals surface area contributed by atoms with Gasteiger partial charge in [0.2, 0.25) is 5.91 Å². The van der Waals surface area contributed by atoms with Crippen LogP contribution in [0.15, 0.2) is 66.7 Å². The summed E-state index contributed by atoms with van der Waals surface area (Å²) < 4.78 is 0. The molecule has 3 aromatic carbocycles. The molecule has 1 aliphatic heterocycles. The Morgan fingerprint density at radius 3 is 2.42 bits per heavy atom. The van der Waals surface area contributed by atoms with Crippen molar-refractivity contribution >= 4 is 29.1 Å². The lowest BCUT2D eigenvalue weighted by molar-refractivity contribution is -0.385. The topological polar surface area (TPSA) is 110 Å². The van der Waals surface area contributed by atoms with Gasteiger partial charge in [-0.25, -0.2) is 0 Å². The Hall–Kier alpha value is -4.33. The first-order valence-electron chi connectivity index (χ1n) is 10.3. The standard InChI is InChI=1S/C25H21N3O5/c1-15-11-12-16(2)19(13-15)26-23(29)21(14-17-7-4-3-5-8-17)27-24(30)18-9-6-10-20(28(32)33)22(18)25(27)31/h3-13,21H,14H2,1-2H3,(H,26,29)/t21-/m1/s1. The molecule has 8 nitrogen and oxygen atoms in total. The average Bonchev–Trinajstić information content (AvgIpc) is 3.05. The molecule has 0 spiro atoms. The molecule has 1 aliphatic rings. The summed E-state index contributed by atoms with van der Waals surface area (Å²) in [7, 11) is 0. The molecule has 0 aromatic heterocycles. The number of nitro benzene ring substituents is 1. The van der Waals surface area contributed by atoms with Gasteiger partial charge in [-0.3, -0.25) is 29.4 Å². The van der Waals surface area contributed by atoms with Gasteiger partial charge in [0, 0.05) is 18.2 Å². The number of carbonyl (C=O) groups excluding carboxylic acids is 3. The maximum Gasteiger partial charge on any atom is 0.282 e. The van der Waals surface area contributed by atoms with Crippen LogP contribution in [0, 0.1) is 24.0 Å². The Balaban J connectivity index is 1.75. The molecule has 166 valence electrons. The van der Waals surface area contributed by atoms with Gasteiger partial charge in [-0.2, -0.15) is 0 Å². The highest BCUT2D eigenvalue weighted by atomic mass is 16.6. The number of imide groups is 1. The lowest BCUT2D eigenvalue weighted by Crippen LogP contribution is -2.48. The summed E-state index contributed by atoms with van der Waals surface area (Å²) in [5, 5.41) is 14.3. The number of benzene rings is 3. The highest BCUT2D eigenvalue weighted by Crippen LogP contribution is 2.33. The fourth-order valence-electron chi connectivity index (χ4n) is 3.95. The number of rotatable bonds is 6. The van der Waals surface area contributed by atoms with Crippen LogP contribution >= 0.6 is 0 Å². The van der Waals surface area contributed by atoms with Gasteiger partial charge in [0.25, 0.3) is 17.5 Å². The van der Waals surface area contributed by atoms with Crippen molar-refractivity contribution in [2.75, 3.05) is 5.32 Å². The Kier molecular flexibility index (Phi) is 5.74. The molecule has 1 atom stereocenters. The number of fused-ring (bicyclic) bond motifs is 1. The highest BCUT2D eigenvalue weighted by molar-refractivity contribution is 6.25. The van der Waals surface area contributed by atoms with Crippen molar-refractivity contribution < 1.29 is 19.3 Å². The van der Waals surface area contributed by atoms with Crippen molar-refractivity contribution in [2.45, 2.75) is 26.3 Å². The molecule has 33 heavy (non-hydrogen) atoms. The van der Waals surface area contributed by atoms with E-state index in [0.29, 0.717) is 5.69 Å². The summed E-state index contributed by atoms with van der Waals surface area (Å²) in [5.41, 5.74) is 2.25. The van der Waals surface area contributed by atoms with Gasteiger partial charge < -0.3 is 5.32 Å². The third-order valence-corrected chi connectivity index (χ3v) is 5.66. The number of aryl methyl sites for hydroxylation is 2. The quantitative estimate of drug-likeness (QED) is 0.351. The first kappa shape index (κ1) is 21.9. The molecular formula is C25H21N3O5. The van der Waals surface area contributed by atoms with Crippen molar-refractivity contribution in [3.05, 3.63) is 105 Å². The molecule has 8 heteroatoms. The van der Waals surface area contributed by atoms with E-state index in [1.165, 1.54) is 18.2 Å². The van der Waals surface area contributed by atoms with E-state index in [4.69, 9.17) is 0 Å². The highest BCUT2D eigenvalue weighted by Gasteiger charge is 2.46. The van der Waals surface area contributed by atoms with Gasteiger partial charge in [-0.15, -0.1) is 0 Å². The summed E-state index contributed by atoms with van der Waals surface area (Å²) in [6.07, 6.45) is 0.0663. The zero-order chi connectivity index (χ0) is 23.7. The molecule has 0 radical (unpaired) electrons. The maximum atomic E-state index is 13.4. The number of carbonyl (C=O) groups is 3. The van der Waals surface area contributed by atoms with Gasteiger partial charge in [0.15, 0.2) is 0 Å². The first-order chi connectivity index (χ1) is 15.8. The monoisotopic (exact) mass is 443 g/mol. The second kappa shape index (κ2) is 8.66. The van der Waals surface area contributed by atoms with Crippen molar-refractivity contribution in [1.29, 1.82) is 0 Å². The van der Waals surface area contributed by atoms with E-state index in [9.17, 15) is 24.5 Å². The molecule has 0 saturated carbocycles. The average molecular weight is 443 g/mol.